The number of rotatable bonds is 8. The van der Waals surface area contributed by atoms with Crippen molar-refractivity contribution in [2.75, 3.05) is 18.6 Å². The van der Waals surface area contributed by atoms with Crippen LogP contribution in [-0.2, 0) is 14.3 Å². The summed E-state index contributed by atoms with van der Waals surface area (Å²) in [7, 11) is 1.49. The number of non-ortho nitro benzene ring substituents is 1. The van der Waals surface area contributed by atoms with Crippen molar-refractivity contribution >= 4 is 45.6 Å². The Kier molecular flexibility index (Phi) is 7.58. The first-order chi connectivity index (χ1) is 18.6. The van der Waals surface area contributed by atoms with E-state index in [1.807, 2.05) is 0 Å². The standard InChI is InChI=1S/C27H23N3O8S/c1-5-11-38-26(34)24-15(3)28-27(39-24)29-21(16-7-6-8-18(13-16)30(35)36)20(23(32)25(29)33)22(31)17-9-10-19(37-4)14(2)12-17/h5-10,12-13,21,31H,1,11H2,2-4H3. The van der Waals surface area contributed by atoms with Gasteiger partial charge in [-0.05, 0) is 43.2 Å². The van der Waals surface area contributed by atoms with Gasteiger partial charge >= 0.3 is 11.9 Å². The molecule has 4 rings (SSSR count). The van der Waals surface area contributed by atoms with Gasteiger partial charge in [-0.25, -0.2) is 9.78 Å². The van der Waals surface area contributed by atoms with Crippen LogP contribution in [0.1, 0.15) is 38.1 Å². The first-order valence-electron chi connectivity index (χ1n) is 11.5. The van der Waals surface area contributed by atoms with E-state index >= 15 is 0 Å². The molecule has 11 nitrogen and oxygen atoms in total. The van der Waals surface area contributed by atoms with Crippen LogP contribution in [0.15, 0.2) is 60.7 Å². The van der Waals surface area contributed by atoms with Crippen molar-refractivity contribution in [1.82, 2.24) is 4.98 Å². The summed E-state index contributed by atoms with van der Waals surface area (Å²) in [6.45, 7) is 6.76. The molecule has 1 aliphatic rings. The maximum Gasteiger partial charge on any atom is 0.350 e. The van der Waals surface area contributed by atoms with Gasteiger partial charge < -0.3 is 14.6 Å². The highest BCUT2D eigenvalue weighted by Crippen LogP contribution is 2.44. The van der Waals surface area contributed by atoms with E-state index in [0.29, 0.717) is 11.3 Å². The molecule has 39 heavy (non-hydrogen) atoms. The van der Waals surface area contributed by atoms with Gasteiger partial charge in [0.25, 0.3) is 11.5 Å². The van der Waals surface area contributed by atoms with Crippen molar-refractivity contribution in [2.45, 2.75) is 19.9 Å². The zero-order chi connectivity index (χ0) is 28.4. The number of benzene rings is 2. The molecular weight excluding hydrogens is 526 g/mol. The van der Waals surface area contributed by atoms with Crippen molar-refractivity contribution < 1.29 is 33.9 Å². The number of carbonyl (C=O) groups is 3. The Bertz CT molecular complexity index is 1560. The third-order valence-corrected chi connectivity index (χ3v) is 7.16. The maximum absolute atomic E-state index is 13.4. The number of aromatic nitrogens is 1. The number of nitro benzene ring substituents is 1. The molecule has 1 saturated heterocycles. The lowest BCUT2D eigenvalue weighted by Gasteiger charge is -2.23. The number of amides is 1. The summed E-state index contributed by atoms with van der Waals surface area (Å²) in [5.74, 6) is -2.64. The molecule has 0 saturated carbocycles. The average molecular weight is 550 g/mol. The normalized spacial score (nSPS) is 16.3. The van der Waals surface area contributed by atoms with Gasteiger partial charge in [-0.3, -0.25) is 24.6 Å². The number of anilines is 1. The average Bonchev–Trinajstić information content (AvgIpc) is 3.43. The highest BCUT2D eigenvalue weighted by Gasteiger charge is 2.48. The highest BCUT2D eigenvalue weighted by atomic mass is 32.1. The number of methoxy groups -OCH3 is 1. The van der Waals surface area contributed by atoms with Crippen LogP contribution in [0.3, 0.4) is 0 Å². The third kappa shape index (κ3) is 5.01. The van der Waals surface area contributed by atoms with Crippen LogP contribution >= 0.6 is 11.3 Å². The predicted molar refractivity (Wildman–Crippen MR) is 143 cm³/mol. The molecule has 0 radical (unpaired) electrons. The second-order valence-electron chi connectivity index (χ2n) is 8.50. The molecule has 1 fully saturated rings. The summed E-state index contributed by atoms with van der Waals surface area (Å²) in [4.78, 5) is 55.7. The lowest BCUT2D eigenvalue weighted by Crippen LogP contribution is -2.29. The Morgan fingerprint density at radius 3 is 2.64 bits per heavy atom. The lowest BCUT2D eigenvalue weighted by molar-refractivity contribution is -0.384. The second-order valence-corrected chi connectivity index (χ2v) is 9.48. The van der Waals surface area contributed by atoms with E-state index in [2.05, 4.69) is 11.6 Å². The Labute approximate surface area is 226 Å². The van der Waals surface area contributed by atoms with E-state index in [0.717, 1.165) is 16.2 Å². The van der Waals surface area contributed by atoms with Crippen molar-refractivity contribution in [3.63, 3.8) is 0 Å². The number of aliphatic hydroxyl groups excluding tert-OH is 1. The van der Waals surface area contributed by atoms with E-state index < -0.39 is 34.4 Å². The van der Waals surface area contributed by atoms with Crippen molar-refractivity contribution in [3.05, 3.63) is 98.1 Å². The predicted octanol–water partition coefficient (Wildman–Crippen LogP) is 4.65. The molecule has 200 valence electrons. The van der Waals surface area contributed by atoms with Gasteiger partial charge in [0.2, 0.25) is 0 Å². The van der Waals surface area contributed by atoms with Crippen LogP contribution < -0.4 is 9.64 Å². The van der Waals surface area contributed by atoms with E-state index in [1.54, 1.807) is 26.0 Å². The molecule has 3 aromatic rings. The van der Waals surface area contributed by atoms with Gasteiger partial charge in [0.15, 0.2) is 5.13 Å². The summed E-state index contributed by atoms with van der Waals surface area (Å²) >= 11 is 0.825. The minimum Gasteiger partial charge on any atom is -0.507 e. The second kappa shape index (κ2) is 10.9. The molecule has 12 heteroatoms. The largest absolute Gasteiger partial charge is 0.507 e. The monoisotopic (exact) mass is 549 g/mol. The molecule has 0 spiro atoms. The number of nitrogens with zero attached hydrogens (tertiary/aromatic N) is 3. The van der Waals surface area contributed by atoms with Crippen LogP contribution in [0.2, 0.25) is 0 Å². The number of aryl methyl sites for hydroxylation is 2. The molecular formula is C27H23N3O8S. The molecule has 1 unspecified atom stereocenters. The molecule has 0 aliphatic carbocycles. The molecule has 0 bridgehead atoms. The number of ketones is 1. The number of nitro groups is 1. The number of ether oxygens (including phenoxy) is 2. The van der Waals surface area contributed by atoms with Crippen LogP contribution in [-0.4, -0.2) is 46.4 Å². The smallest absolute Gasteiger partial charge is 0.350 e. The van der Waals surface area contributed by atoms with Crippen molar-refractivity contribution in [2.24, 2.45) is 0 Å². The number of aliphatic hydroxyl groups is 1. The van der Waals surface area contributed by atoms with Gasteiger partial charge in [0.1, 0.15) is 23.0 Å². The molecule has 2 heterocycles. The zero-order valence-corrected chi connectivity index (χ0v) is 22.0. The van der Waals surface area contributed by atoms with E-state index in [-0.39, 0.29) is 44.7 Å². The van der Waals surface area contributed by atoms with E-state index in [4.69, 9.17) is 9.47 Å². The molecule has 1 amide bonds. The SMILES string of the molecule is C=CCOC(=O)c1sc(N2C(=O)C(=O)C(=C(O)c3ccc(OC)c(C)c3)C2c2cccc([N+](=O)[O-])c2)nc1C. The Balaban J connectivity index is 1.93. The van der Waals surface area contributed by atoms with Crippen LogP contribution in [0.25, 0.3) is 5.76 Å². The van der Waals surface area contributed by atoms with Gasteiger partial charge in [-0.15, -0.1) is 0 Å². The number of hydrogen-bond acceptors (Lipinski definition) is 10. The molecule has 1 aliphatic heterocycles. The summed E-state index contributed by atoms with van der Waals surface area (Å²) < 4.78 is 10.4. The number of thiazole rings is 1. The summed E-state index contributed by atoms with van der Waals surface area (Å²) in [5.41, 5.74) is 0.802. The highest BCUT2D eigenvalue weighted by molar-refractivity contribution is 7.17. The van der Waals surface area contributed by atoms with Gasteiger partial charge in [0, 0.05) is 17.7 Å². The fraction of sp³-hybridized carbons (Fsp3) is 0.185. The fourth-order valence-electron chi connectivity index (χ4n) is 4.21. The maximum atomic E-state index is 13.4. The number of esters is 1. The number of hydrogen-bond donors (Lipinski definition) is 1. The minimum absolute atomic E-state index is 0.0124. The first kappa shape index (κ1) is 27.2. The fourth-order valence-corrected chi connectivity index (χ4v) is 5.20. The summed E-state index contributed by atoms with van der Waals surface area (Å²) in [6.07, 6.45) is 1.40. The van der Waals surface area contributed by atoms with E-state index in [1.165, 1.54) is 43.5 Å². The Morgan fingerprint density at radius 2 is 2.00 bits per heavy atom. The summed E-state index contributed by atoms with van der Waals surface area (Å²) in [6, 6.07) is 8.86. The van der Waals surface area contributed by atoms with Crippen LogP contribution in [0.5, 0.6) is 5.75 Å². The van der Waals surface area contributed by atoms with Crippen molar-refractivity contribution in [3.8, 4) is 5.75 Å². The Morgan fingerprint density at radius 1 is 1.26 bits per heavy atom. The van der Waals surface area contributed by atoms with Gasteiger partial charge in [-0.2, -0.15) is 0 Å². The quantitative estimate of drug-likeness (QED) is 0.0806. The van der Waals surface area contributed by atoms with Crippen LogP contribution in [0, 0.1) is 24.0 Å². The van der Waals surface area contributed by atoms with E-state index in [9.17, 15) is 29.6 Å². The number of carbonyl (C=O) groups excluding carboxylic acids is 3. The van der Waals surface area contributed by atoms with Gasteiger partial charge in [0.05, 0.1) is 29.3 Å². The summed E-state index contributed by atoms with van der Waals surface area (Å²) in [5, 5.41) is 22.8. The van der Waals surface area contributed by atoms with Crippen LogP contribution in [0.4, 0.5) is 10.8 Å². The first-order valence-corrected chi connectivity index (χ1v) is 12.4. The lowest BCUT2D eigenvalue weighted by atomic mass is 9.94. The Hall–Kier alpha value is -4.84. The third-order valence-electron chi connectivity index (χ3n) is 6.02. The zero-order valence-electron chi connectivity index (χ0n) is 21.2. The topological polar surface area (TPSA) is 149 Å². The molecule has 2 aromatic carbocycles. The molecule has 1 atom stereocenters. The molecule has 1 aromatic heterocycles. The van der Waals surface area contributed by atoms with Gasteiger partial charge in [-0.1, -0.05) is 36.1 Å². The molecule has 1 N–H and O–H groups in total. The minimum atomic E-state index is -1.27. The number of Topliss-reactive ketones (excluding diaryl/α,β-unsaturated/α-hetero) is 1. The van der Waals surface area contributed by atoms with Crippen molar-refractivity contribution in [1.29, 1.82) is 0 Å².